The zero-order valence-corrected chi connectivity index (χ0v) is 10.2. The summed E-state index contributed by atoms with van der Waals surface area (Å²) in [6.07, 6.45) is 0. The normalized spacial score (nSPS) is 9.18. The third-order valence-electron chi connectivity index (χ3n) is 2.19. The molecule has 0 spiro atoms. The molecule has 0 atom stereocenters. The predicted molar refractivity (Wildman–Crippen MR) is 67.8 cm³/mol. The van der Waals surface area contributed by atoms with Crippen molar-refractivity contribution in [3.63, 3.8) is 0 Å². The standard InChI is InChI=1S/C13H16N2O2/c1-10-9-12(14-13(17)15(2)3)7-6-11(10)5-4-8-16/h6-7,9,16H,8H2,1-3H3,(H,14,17). The van der Waals surface area contributed by atoms with Crippen molar-refractivity contribution in [2.45, 2.75) is 6.92 Å². The summed E-state index contributed by atoms with van der Waals surface area (Å²) in [4.78, 5) is 12.9. The predicted octanol–water partition coefficient (Wildman–Crippen LogP) is 1.43. The maximum absolute atomic E-state index is 11.4. The molecule has 0 aromatic heterocycles. The lowest BCUT2D eigenvalue weighted by Crippen LogP contribution is -2.27. The molecule has 0 radical (unpaired) electrons. The van der Waals surface area contributed by atoms with Gasteiger partial charge >= 0.3 is 6.03 Å². The molecular formula is C13H16N2O2. The van der Waals surface area contributed by atoms with E-state index < -0.39 is 0 Å². The Morgan fingerprint density at radius 1 is 1.47 bits per heavy atom. The van der Waals surface area contributed by atoms with Gasteiger partial charge in [0.25, 0.3) is 0 Å². The molecule has 0 bridgehead atoms. The van der Waals surface area contributed by atoms with Gasteiger partial charge in [-0.05, 0) is 30.7 Å². The average molecular weight is 232 g/mol. The van der Waals surface area contributed by atoms with Crippen molar-refractivity contribution in [1.29, 1.82) is 0 Å². The smallest absolute Gasteiger partial charge is 0.321 e. The molecule has 90 valence electrons. The number of aryl methyl sites for hydroxylation is 1. The summed E-state index contributed by atoms with van der Waals surface area (Å²) < 4.78 is 0. The fourth-order valence-electron chi connectivity index (χ4n) is 1.25. The molecule has 2 amide bonds. The molecule has 0 heterocycles. The first kappa shape index (κ1) is 13.1. The van der Waals surface area contributed by atoms with E-state index in [-0.39, 0.29) is 12.6 Å². The highest BCUT2D eigenvalue weighted by molar-refractivity contribution is 5.89. The van der Waals surface area contributed by atoms with Crippen LogP contribution in [0.25, 0.3) is 0 Å². The van der Waals surface area contributed by atoms with E-state index in [1.807, 2.05) is 19.1 Å². The molecule has 0 aliphatic carbocycles. The minimum absolute atomic E-state index is 0.154. The van der Waals surface area contributed by atoms with Crippen LogP contribution in [0.3, 0.4) is 0 Å². The second-order valence-electron chi connectivity index (χ2n) is 3.81. The number of aliphatic hydroxyl groups excluding tert-OH is 1. The Balaban J connectivity index is 2.86. The zero-order chi connectivity index (χ0) is 12.8. The largest absolute Gasteiger partial charge is 0.384 e. The van der Waals surface area contributed by atoms with E-state index >= 15 is 0 Å². The molecule has 4 nitrogen and oxygen atoms in total. The first-order chi connectivity index (χ1) is 8.04. The van der Waals surface area contributed by atoms with Gasteiger partial charge in [-0.2, -0.15) is 0 Å². The molecule has 0 saturated heterocycles. The van der Waals surface area contributed by atoms with Gasteiger partial charge < -0.3 is 15.3 Å². The topological polar surface area (TPSA) is 52.6 Å². The summed E-state index contributed by atoms with van der Waals surface area (Å²) in [5.41, 5.74) is 2.54. The van der Waals surface area contributed by atoms with Crippen molar-refractivity contribution in [3.8, 4) is 11.8 Å². The van der Waals surface area contributed by atoms with Gasteiger partial charge in [-0.15, -0.1) is 0 Å². The summed E-state index contributed by atoms with van der Waals surface area (Å²) in [5, 5.41) is 11.4. The Hall–Kier alpha value is -1.99. The number of benzene rings is 1. The number of anilines is 1. The Bertz CT molecular complexity index is 470. The van der Waals surface area contributed by atoms with Gasteiger partial charge in [-0.1, -0.05) is 11.8 Å². The number of rotatable bonds is 1. The van der Waals surface area contributed by atoms with Crippen molar-refractivity contribution < 1.29 is 9.90 Å². The maximum Gasteiger partial charge on any atom is 0.321 e. The molecule has 1 aromatic carbocycles. The van der Waals surface area contributed by atoms with Crippen molar-refractivity contribution in [2.24, 2.45) is 0 Å². The molecular weight excluding hydrogens is 216 g/mol. The molecule has 0 aliphatic rings. The highest BCUT2D eigenvalue weighted by atomic mass is 16.2. The van der Waals surface area contributed by atoms with Gasteiger partial charge in [0.15, 0.2) is 0 Å². The Morgan fingerprint density at radius 3 is 2.71 bits per heavy atom. The summed E-state index contributed by atoms with van der Waals surface area (Å²) in [6.45, 7) is 1.76. The first-order valence-electron chi connectivity index (χ1n) is 5.23. The van der Waals surface area contributed by atoms with Crippen molar-refractivity contribution >= 4 is 11.7 Å². The third-order valence-corrected chi connectivity index (χ3v) is 2.19. The van der Waals surface area contributed by atoms with Gasteiger partial charge in [-0.25, -0.2) is 4.79 Å². The number of amides is 2. The molecule has 1 rings (SSSR count). The van der Waals surface area contributed by atoms with Crippen molar-refractivity contribution in [3.05, 3.63) is 29.3 Å². The Labute approximate surface area is 101 Å². The number of carbonyl (C=O) groups excluding carboxylic acids is 1. The van der Waals surface area contributed by atoms with E-state index in [0.717, 1.165) is 16.8 Å². The second-order valence-corrected chi connectivity index (χ2v) is 3.81. The number of nitrogens with one attached hydrogen (secondary N) is 1. The van der Waals surface area contributed by atoms with Crippen LogP contribution >= 0.6 is 0 Å². The van der Waals surface area contributed by atoms with Crippen LogP contribution in [0, 0.1) is 18.8 Å². The molecule has 0 unspecified atom stereocenters. The average Bonchev–Trinajstić information content (AvgIpc) is 2.28. The molecule has 0 fully saturated rings. The van der Waals surface area contributed by atoms with Gasteiger partial charge in [-0.3, -0.25) is 0 Å². The summed E-state index contributed by atoms with van der Waals surface area (Å²) in [7, 11) is 3.37. The van der Waals surface area contributed by atoms with E-state index in [1.54, 1.807) is 20.2 Å². The van der Waals surface area contributed by atoms with Gasteiger partial charge in [0.1, 0.15) is 6.61 Å². The van der Waals surface area contributed by atoms with Gasteiger partial charge in [0.05, 0.1) is 0 Å². The zero-order valence-electron chi connectivity index (χ0n) is 10.2. The number of urea groups is 1. The van der Waals surface area contributed by atoms with E-state index in [1.165, 1.54) is 4.90 Å². The highest BCUT2D eigenvalue weighted by Gasteiger charge is 2.04. The lowest BCUT2D eigenvalue weighted by atomic mass is 10.1. The van der Waals surface area contributed by atoms with Crippen LogP contribution in [0.4, 0.5) is 10.5 Å². The Kier molecular flexibility index (Phi) is 4.56. The number of hydrogen-bond acceptors (Lipinski definition) is 2. The van der Waals surface area contributed by atoms with E-state index in [2.05, 4.69) is 17.2 Å². The number of aliphatic hydroxyl groups is 1. The molecule has 2 N–H and O–H groups in total. The monoisotopic (exact) mass is 232 g/mol. The third kappa shape index (κ3) is 3.82. The van der Waals surface area contributed by atoms with Crippen LogP contribution in [0.1, 0.15) is 11.1 Å². The summed E-state index contributed by atoms with van der Waals surface area (Å²) >= 11 is 0. The first-order valence-corrected chi connectivity index (χ1v) is 5.23. The van der Waals surface area contributed by atoms with Crippen LogP contribution in [0.2, 0.25) is 0 Å². The molecule has 17 heavy (non-hydrogen) atoms. The summed E-state index contributed by atoms with van der Waals surface area (Å²) in [6, 6.07) is 5.29. The van der Waals surface area contributed by atoms with E-state index in [0.29, 0.717) is 0 Å². The molecule has 4 heteroatoms. The summed E-state index contributed by atoms with van der Waals surface area (Å²) in [5.74, 6) is 5.44. The lowest BCUT2D eigenvalue weighted by Gasteiger charge is -2.12. The number of hydrogen-bond donors (Lipinski definition) is 2. The van der Waals surface area contributed by atoms with Crippen molar-refractivity contribution in [2.75, 3.05) is 26.0 Å². The Morgan fingerprint density at radius 2 is 2.18 bits per heavy atom. The molecule has 1 aromatic rings. The second kappa shape index (κ2) is 5.92. The number of nitrogens with zero attached hydrogens (tertiary/aromatic N) is 1. The SMILES string of the molecule is Cc1cc(NC(=O)N(C)C)ccc1C#CCO. The fourth-order valence-corrected chi connectivity index (χ4v) is 1.25. The van der Waals surface area contributed by atoms with Gasteiger partial charge in [0.2, 0.25) is 0 Å². The van der Waals surface area contributed by atoms with Crippen molar-refractivity contribution in [1.82, 2.24) is 4.90 Å². The number of carbonyl (C=O) groups is 1. The minimum atomic E-state index is -0.168. The highest BCUT2D eigenvalue weighted by Crippen LogP contribution is 2.14. The molecule has 0 aliphatic heterocycles. The van der Waals surface area contributed by atoms with Crippen LogP contribution in [0.15, 0.2) is 18.2 Å². The van der Waals surface area contributed by atoms with Crippen LogP contribution in [0.5, 0.6) is 0 Å². The fraction of sp³-hybridized carbons (Fsp3) is 0.308. The van der Waals surface area contributed by atoms with Crippen LogP contribution in [-0.4, -0.2) is 36.7 Å². The van der Waals surface area contributed by atoms with Crippen LogP contribution < -0.4 is 5.32 Å². The minimum Gasteiger partial charge on any atom is -0.384 e. The maximum atomic E-state index is 11.4. The molecule has 0 saturated carbocycles. The van der Waals surface area contributed by atoms with Gasteiger partial charge in [0, 0.05) is 25.3 Å². The lowest BCUT2D eigenvalue weighted by molar-refractivity contribution is 0.230. The van der Waals surface area contributed by atoms with E-state index in [9.17, 15) is 4.79 Å². The van der Waals surface area contributed by atoms with E-state index in [4.69, 9.17) is 5.11 Å². The van der Waals surface area contributed by atoms with Crippen LogP contribution in [-0.2, 0) is 0 Å². The quantitative estimate of drug-likeness (QED) is 0.720.